The first kappa shape index (κ1) is 21.7. The Morgan fingerprint density at radius 2 is 2.10 bits per heavy atom. The fourth-order valence-corrected chi connectivity index (χ4v) is 4.81. The van der Waals surface area contributed by atoms with Crippen molar-refractivity contribution >= 4 is 33.2 Å². The maximum atomic E-state index is 12.7. The summed E-state index contributed by atoms with van der Waals surface area (Å²) in [5.41, 5.74) is 5.77. The van der Waals surface area contributed by atoms with Gasteiger partial charge >= 0.3 is 0 Å². The zero-order valence-electron chi connectivity index (χ0n) is 17.1. The van der Waals surface area contributed by atoms with Gasteiger partial charge < -0.3 is 21.1 Å². The van der Waals surface area contributed by atoms with Gasteiger partial charge in [0.25, 0.3) is 0 Å². The number of nitrogens with one attached hydrogen (secondary N) is 2. The van der Waals surface area contributed by atoms with Gasteiger partial charge in [0, 0.05) is 28.6 Å². The van der Waals surface area contributed by atoms with Crippen LogP contribution in [0.1, 0.15) is 31.6 Å². The van der Waals surface area contributed by atoms with Crippen molar-refractivity contribution in [1.29, 1.82) is 0 Å². The summed E-state index contributed by atoms with van der Waals surface area (Å²) in [6.45, 7) is 5.76. The molecule has 0 saturated carbocycles. The molecule has 1 aliphatic rings. The number of hydrogen-bond acceptors (Lipinski definition) is 5. The molecule has 2 heterocycles. The Morgan fingerprint density at radius 3 is 2.83 bits per heavy atom. The van der Waals surface area contributed by atoms with Crippen molar-refractivity contribution in [3.05, 3.63) is 35.2 Å². The van der Waals surface area contributed by atoms with Crippen LogP contribution in [0.5, 0.6) is 0 Å². The molecule has 7 heteroatoms. The highest BCUT2D eigenvalue weighted by molar-refractivity contribution is 7.19. The van der Waals surface area contributed by atoms with Crippen molar-refractivity contribution in [3.8, 4) is 0 Å². The van der Waals surface area contributed by atoms with E-state index in [1.807, 2.05) is 38.1 Å². The molecule has 1 aliphatic heterocycles. The summed E-state index contributed by atoms with van der Waals surface area (Å²) in [5.74, 6) is 0.278. The number of thiophene rings is 1. The molecule has 1 saturated heterocycles. The molecule has 3 atom stereocenters. The highest BCUT2D eigenvalue weighted by Gasteiger charge is 2.29. The number of fused-ring (bicyclic) bond motifs is 1. The summed E-state index contributed by atoms with van der Waals surface area (Å²) in [5, 5.41) is 7.03. The van der Waals surface area contributed by atoms with E-state index in [2.05, 4.69) is 16.7 Å². The highest BCUT2D eigenvalue weighted by atomic mass is 32.1. The number of rotatable bonds is 9. The topological polar surface area (TPSA) is 93.5 Å². The van der Waals surface area contributed by atoms with Gasteiger partial charge in [0.1, 0.15) is 6.04 Å². The second-order valence-corrected chi connectivity index (χ2v) is 9.28. The van der Waals surface area contributed by atoms with Crippen molar-refractivity contribution in [2.24, 2.45) is 17.6 Å². The van der Waals surface area contributed by atoms with Crippen molar-refractivity contribution in [1.82, 2.24) is 10.6 Å². The van der Waals surface area contributed by atoms with Crippen LogP contribution in [0.2, 0.25) is 0 Å². The number of amides is 2. The smallest absolute Gasteiger partial charge is 0.242 e. The fourth-order valence-electron chi connectivity index (χ4n) is 3.74. The molecular weight excluding hydrogens is 386 g/mol. The summed E-state index contributed by atoms with van der Waals surface area (Å²) >= 11 is 1.62. The van der Waals surface area contributed by atoms with Gasteiger partial charge in [-0.1, -0.05) is 32.0 Å². The van der Waals surface area contributed by atoms with Crippen molar-refractivity contribution in [2.75, 3.05) is 19.7 Å². The third-order valence-electron chi connectivity index (χ3n) is 5.30. The molecule has 2 aromatic rings. The third kappa shape index (κ3) is 6.01. The van der Waals surface area contributed by atoms with Gasteiger partial charge in [0.05, 0.1) is 12.5 Å². The lowest BCUT2D eigenvalue weighted by atomic mass is 10.0. The lowest BCUT2D eigenvalue weighted by Crippen LogP contribution is -2.49. The van der Waals surface area contributed by atoms with E-state index in [1.54, 1.807) is 11.3 Å². The van der Waals surface area contributed by atoms with E-state index in [-0.39, 0.29) is 36.2 Å². The van der Waals surface area contributed by atoms with Crippen LogP contribution in [0, 0.1) is 11.8 Å². The number of benzene rings is 1. The summed E-state index contributed by atoms with van der Waals surface area (Å²) in [7, 11) is 0. The number of carbonyl (C=O) groups excluding carboxylic acids is 2. The van der Waals surface area contributed by atoms with Crippen LogP contribution in [0.25, 0.3) is 10.1 Å². The van der Waals surface area contributed by atoms with Crippen LogP contribution in [0.3, 0.4) is 0 Å². The third-order valence-corrected chi connectivity index (χ3v) is 6.41. The van der Waals surface area contributed by atoms with Crippen molar-refractivity contribution < 1.29 is 14.3 Å². The summed E-state index contributed by atoms with van der Waals surface area (Å²) in [6.07, 6.45) is 1.76. The maximum absolute atomic E-state index is 12.7. The molecule has 4 N–H and O–H groups in total. The zero-order chi connectivity index (χ0) is 20.8. The molecule has 0 unspecified atom stereocenters. The Balaban J connectivity index is 1.56. The van der Waals surface area contributed by atoms with E-state index in [1.165, 1.54) is 0 Å². The Morgan fingerprint density at radius 1 is 1.31 bits per heavy atom. The first-order valence-electron chi connectivity index (χ1n) is 10.3. The second kappa shape index (κ2) is 10.2. The van der Waals surface area contributed by atoms with Crippen LogP contribution in [-0.4, -0.2) is 43.7 Å². The Bertz CT molecular complexity index is 803. The Hall–Kier alpha value is -1.96. The SMILES string of the molecule is CC(C)C[C@H](NC(=O)Cc1cc2ccccc2s1)C(=O)NC[C@H]1OCC[C@@H]1CN. The average Bonchev–Trinajstić information content (AvgIpc) is 3.30. The van der Waals surface area contributed by atoms with Crippen LogP contribution in [-0.2, 0) is 20.7 Å². The summed E-state index contributed by atoms with van der Waals surface area (Å²) in [6, 6.07) is 9.58. The summed E-state index contributed by atoms with van der Waals surface area (Å²) < 4.78 is 6.84. The predicted molar refractivity (Wildman–Crippen MR) is 117 cm³/mol. The normalized spacial score (nSPS) is 20.1. The zero-order valence-corrected chi connectivity index (χ0v) is 18.0. The van der Waals surface area contributed by atoms with Crippen molar-refractivity contribution in [2.45, 2.75) is 45.3 Å². The van der Waals surface area contributed by atoms with E-state index in [0.717, 1.165) is 21.4 Å². The maximum Gasteiger partial charge on any atom is 0.242 e. The lowest BCUT2D eigenvalue weighted by molar-refractivity contribution is -0.129. The van der Waals surface area contributed by atoms with Crippen molar-refractivity contribution in [3.63, 3.8) is 0 Å². The van der Waals surface area contributed by atoms with E-state index >= 15 is 0 Å². The van der Waals surface area contributed by atoms with Gasteiger partial charge in [-0.2, -0.15) is 0 Å². The average molecular weight is 418 g/mol. The van der Waals surface area contributed by atoms with Gasteiger partial charge in [-0.3, -0.25) is 9.59 Å². The molecular formula is C22H31N3O3S. The molecule has 29 heavy (non-hydrogen) atoms. The second-order valence-electron chi connectivity index (χ2n) is 8.12. The van der Waals surface area contributed by atoms with Gasteiger partial charge in [0.2, 0.25) is 11.8 Å². The molecule has 3 rings (SSSR count). The number of nitrogens with two attached hydrogens (primary N) is 1. The molecule has 0 aliphatic carbocycles. The van der Waals surface area contributed by atoms with Gasteiger partial charge in [0.15, 0.2) is 0 Å². The Labute approximate surface area is 176 Å². The molecule has 6 nitrogen and oxygen atoms in total. The van der Waals surface area contributed by atoms with E-state index in [0.29, 0.717) is 26.1 Å². The predicted octanol–water partition coefficient (Wildman–Crippen LogP) is 2.45. The molecule has 158 valence electrons. The molecule has 0 bridgehead atoms. The standard InChI is InChI=1S/C22H31N3O3S/c1-14(2)9-18(22(27)24-13-19-16(12-23)7-8-28-19)25-21(26)11-17-10-15-5-3-4-6-20(15)29-17/h3-6,10,14,16,18-19H,7-9,11-13,23H2,1-2H3,(H,24,27)(H,25,26)/t16-,18+,19-/m1/s1. The minimum Gasteiger partial charge on any atom is -0.376 e. The van der Waals surface area contributed by atoms with Crippen LogP contribution in [0.15, 0.2) is 30.3 Å². The molecule has 0 spiro atoms. The molecule has 0 radical (unpaired) electrons. The monoisotopic (exact) mass is 417 g/mol. The highest BCUT2D eigenvalue weighted by Crippen LogP contribution is 2.25. The van der Waals surface area contributed by atoms with E-state index < -0.39 is 6.04 Å². The van der Waals surface area contributed by atoms with Gasteiger partial charge in [-0.05, 0) is 42.8 Å². The van der Waals surface area contributed by atoms with Crippen LogP contribution < -0.4 is 16.4 Å². The minimum absolute atomic E-state index is 0.0436. The molecule has 1 aromatic carbocycles. The van der Waals surface area contributed by atoms with Gasteiger partial charge in [-0.15, -0.1) is 11.3 Å². The van der Waals surface area contributed by atoms with E-state index in [9.17, 15) is 9.59 Å². The lowest BCUT2D eigenvalue weighted by Gasteiger charge is -2.22. The number of hydrogen-bond donors (Lipinski definition) is 3. The molecule has 1 aromatic heterocycles. The van der Waals surface area contributed by atoms with Crippen LogP contribution >= 0.6 is 11.3 Å². The summed E-state index contributed by atoms with van der Waals surface area (Å²) in [4.78, 5) is 26.4. The number of ether oxygens (including phenoxy) is 1. The first-order valence-corrected chi connectivity index (χ1v) is 11.1. The van der Waals surface area contributed by atoms with Crippen LogP contribution in [0.4, 0.5) is 0 Å². The largest absolute Gasteiger partial charge is 0.376 e. The first-order chi connectivity index (χ1) is 14.0. The number of carbonyl (C=O) groups is 2. The van der Waals surface area contributed by atoms with Gasteiger partial charge in [-0.25, -0.2) is 0 Å². The molecule has 2 amide bonds. The minimum atomic E-state index is -0.547. The quantitative estimate of drug-likeness (QED) is 0.584. The fraction of sp³-hybridized carbons (Fsp3) is 0.545. The molecule has 1 fully saturated rings. The van der Waals surface area contributed by atoms with E-state index in [4.69, 9.17) is 10.5 Å². The Kier molecular flexibility index (Phi) is 7.64.